The van der Waals surface area contributed by atoms with E-state index in [1.807, 2.05) is 12.1 Å². The fourth-order valence-electron chi connectivity index (χ4n) is 2.44. The van der Waals surface area contributed by atoms with Crippen LogP contribution in [0.4, 0.5) is 5.69 Å². The van der Waals surface area contributed by atoms with Crippen molar-refractivity contribution in [2.24, 2.45) is 5.92 Å². The summed E-state index contributed by atoms with van der Waals surface area (Å²) in [7, 11) is 0. The van der Waals surface area contributed by atoms with E-state index in [9.17, 15) is 0 Å². The number of rotatable bonds is 3. The topological polar surface area (TPSA) is 3.24 Å². The van der Waals surface area contributed by atoms with E-state index in [0.29, 0.717) is 5.92 Å². The maximum Gasteiger partial charge on any atom is 0.0812 e. The van der Waals surface area contributed by atoms with Gasteiger partial charge in [0.15, 0.2) is 0 Å². The molecular weight excluding hydrogens is 294 g/mol. The number of halogens is 1. The fraction of sp³-hybridized carbons (Fsp3) is 0.400. The van der Waals surface area contributed by atoms with Gasteiger partial charge in [0.25, 0.3) is 0 Å². The van der Waals surface area contributed by atoms with Crippen molar-refractivity contribution in [3.8, 4) is 0 Å². The second-order valence-electron chi connectivity index (χ2n) is 4.97. The van der Waals surface area contributed by atoms with Crippen LogP contribution in [0.2, 0.25) is 5.02 Å². The van der Waals surface area contributed by atoms with Gasteiger partial charge in [-0.15, -0.1) is 0 Å². The van der Waals surface area contributed by atoms with Crippen LogP contribution in [-0.4, -0.2) is 11.4 Å². The molecule has 1 aliphatic heterocycles. The van der Waals surface area contributed by atoms with Crippen molar-refractivity contribution < 1.29 is 0 Å². The standard InChI is InChI=1S/C15H16ClNS2/c1-2-17-12-8-11(16)6-7-14(12)19-15(17)9-13(18)10-4-3-5-10/h6-10H,2-5H2,1H3. The smallest absolute Gasteiger partial charge is 0.0812 e. The molecule has 1 aliphatic carbocycles. The highest BCUT2D eigenvalue weighted by Crippen LogP contribution is 2.47. The van der Waals surface area contributed by atoms with Crippen LogP contribution < -0.4 is 4.90 Å². The molecule has 1 aromatic carbocycles. The molecule has 0 aromatic heterocycles. The number of fused-ring (bicyclic) bond motifs is 1. The van der Waals surface area contributed by atoms with Gasteiger partial charge in [0.2, 0.25) is 0 Å². The summed E-state index contributed by atoms with van der Waals surface area (Å²) in [4.78, 5) is 4.69. The molecule has 1 saturated carbocycles. The molecule has 2 aliphatic rings. The molecule has 0 unspecified atom stereocenters. The molecule has 100 valence electrons. The predicted molar refractivity (Wildman–Crippen MR) is 88.4 cm³/mol. The Hall–Kier alpha value is -0.510. The molecule has 0 spiro atoms. The Morgan fingerprint density at radius 2 is 2.32 bits per heavy atom. The Morgan fingerprint density at radius 1 is 1.53 bits per heavy atom. The van der Waals surface area contributed by atoms with E-state index in [2.05, 4.69) is 24.0 Å². The Balaban J connectivity index is 1.88. The van der Waals surface area contributed by atoms with E-state index in [1.54, 1.807) is 11.8 Å². The number of anilines is 1. The quantitative estimate of drug-likeness (QED) is 0.552. The summed E-state index contributed by atoms with van der Waals surface area (Å²) in [5.41, 5.74) is 1.21. The third-order valence-corrected chi connectivity index (χ3v) is 5.58. The molecule has 1 nitrogen and oxygen atoms in total. The van der Waals surface area contributed by atoms with Crippen LogP contribution in [0.15, 0.2) is 34.2 Å². The highest BCUT2D eigenvalue weighted by atomic mass is 35.5. The zero-order valence-electron chi connectivity index (χ0n) is 10.9. The van der Waals surface area contributed by atoms with Gasteiger partial charge in [0.05, 0.1) is 10.7 Å². The molecule has 19 heavy (non-hydrogen) atoms. The summed E-state index contributed by atoms with van der Waals surface area (Å²) < 4.78 is 0. The normalized spacial score (nSPS) is 20.5. The average molecular weight is 310 g/mol. The first-order valence-corrected chi connectivity index (χ1v) is 8.30. The van der Waals surface area contributed by atoms with E-state index in [0.717, 1.165) is 16.4 Å². The minimum atomic E-state index is 0.633. The number of hydrogen-bond acceptors (Lipinski definition) is 3. The van der Waals surface area contributed by atoms with Crippen molar-refractivity contribution >= 4 is 46.1 Å². The molecule has 0 amide bonds. The second kappa shape index (κ2) is 5.47. The van der Waals surface area contributed by atoms with Gasteiger partial charge >= 0.3 is 0 Å². The average Bonchev–Trinajstić information content (AvgIpc) is 2.63. The summed E-state index contributed by atoms with van der Waals surface area (Å²) in [6.07, 6.45) is 6.05. The molecule has 0 saturated heterocycles. The van der Waals surface area contributed by atoms with Gasteiger partial charge in [-0.2, -0.15) is 0 Å². The summed E-state index contributed by atoms with van der Waals surface area (Å²) in [5.74, 6) is 0.633. The monoisotopic (exact) mass is 309 g/mol. The van der Waals surface area contributed by atoms with Gasteiger partial charge in [-0.05, 0) is 50.0 Å². The maximum absolute atomic E-state index is 6.10. The van der Waals surface area contributed by atoms with Gasteiger partial charge < -0.3 is 4.90 Å². The van der Waals surface area contributed by atoms with Crippen LogP contribution in [0.1, 0.15) is 26.2 Å². The van der Waals surface area contributed by atoms with Gasteiger partial charge in [0, 0.05) is 21.3 Å². The van der Waals surface area contributed by atoms with Crippen molar-refractivity contribution in [3.63, 3.8) is 0 Å². The van der Waals surface area contributed by atoms with E-state index in [-0.39, 0.29) is 0 Å². The SMILES string of the molecule is CCN1C(=CC(=S)C2CCC2)Sc2ccc(Cl)cc21. The third-order valence-electron chi connectivity index (χ3n) is 3.78. The first-order valence-electron chi connectivity index (χ1n) is 6.69. The minimum absolute atomic E-state index is 0.633. The van der Waals surface area contributed by atoms with E-state index in [4.69, 9.17) is 23.8 Å². The lowest BCUT2D eigenvalue weighted by Crippen LogP contribution is -2.22. The molecule has 1 aromatic rings. The molecule has 0 atom stereocenters. The van der Waals surface area contributed by atoms with Crippen molar-refractivity contribution in [2.75, 3.05) is 11.4 Å². The first-order chi connectivity index (χ1) is 9.19. The van der Waals surface area contributed by atoms with Crippen LogP contribution in [0.3, 0.4) is 0 Å². The Labute approximate surface area is 129 Å². The summed E-state index contributed by atoms with van der Waals surface area (Å²) in [5, 5.41) is 2.04. The molecule has 1 heterocycles. The number of hydrogen-bond donors (Lipinski definition) is 0. The lowest BCUT2D eigenvalue weighted by Gasteiger charge is -2.26. The third kappa shape index (κ3) is 2.56. The van der Waals surface area contributed by atoms with Crippen molar-refractivity contribution in [2.45, 2.75) is 31.1 Å². The highest BCUT2D eigenvalue weighted by molar-refractivity contribution is 8.03. The Bertz CT molecular complexity index is 549. The second-order valence-corrected chi connectivity index (χ2v) is 6.94. The largest absolute Gasteiger partial charge is 0.335 e. The molecule has 3 rings (SSSR count). The number of benzene rings is 1. The molecule has 0 N–H and O–H groups in total. The zero-order valence-corrected chi connectivity index (χ0v) is 13.2. The molecule has 0 radical (unpaired) electrons. The number of thiocarbonyl (C=S) groups is 1. The number of allylic oxidation sites excluding steroid dienone is 1. The molecule has 0 bridgehead atoms. The highest BCUT2D eigenvalue weighted by Gasteiger charge is 2.26. The van der Waals surface area contributed by atoms with Crippen molar-refractivity contribution in [1.82, 2.24) is 0 Å². The van der Waals surface area contributed by atoms with Crippen LogP contribution in [0, 0.1) is 5.92 Å². The molecule has 4 heteroatoms. The number of nitrogens with zero attached hydrogens (tertiary/aromatic N) is 1. The zero-order chi connectivity index (χ0) is 13.4. The first kappa shape index (κ1) is 13.5. The summed E-state index contributed by atoms with van der Waals surface area (Å²) in [6, 6.07) is 6.09. The van der Waals surface area contributed by atoms with E-state index in [1.165, 1.54) is 34.9 Å². The van der Waals surface area contributed by atoms with Crippen LogP contribution >= 0.6 is 35.6 Å². The van der Waals surface area contributed by atoms with Crippen molar-refractivity contribution in [3.05, 3.63) is 34.3 Å². The van der Waals surface area contributed by atoms with Gasteiger partial charge in [-0.25, -0.2) is 0 Å². The minimum Gasteiger partial charge on any atom is -0.335 e. The Morgan fingerprint density at radius 3 is 2.95 bits per heavy atom. The van der Waals surface area contributed by atoms with Gasteiger partial charge in [0.1, 0.15) is 0 Å². The fourth-order valence-corrected chi connectivity index (χ4v) is 4.19. The summed E-state index contributed by atoms with van der Waals surface area (Å²) in [6.45, 7) is 3.11. The lowest BCUT2D eigenvalue weighted by molar-refractivity contribution is 0.419. The number of thioether (sulfide) groups is 1. The predicted octanol–water partition coefficient (Wildman–Crippen LogP) is 5.28. The van der Waals surface area contributed by atoms with Gasteiger partial charge in [-0.1, -0.05) is 42.0 Å². The Kier molecular flexibility index (Phi) is 3.88. The van der Waals surface area contributed by atoms with Crippen molar-refractivity contribution in [1.29, 1.82) is 0 Å². The summed E-state index contributed by atoms with van der Waals surface area (Å²) >= 11 is 13.5. The van der Waals surface area contributed by atoms with Gasteiger partial charge in [-0.3, -0.25) is 0 Å². The van der Waals surface area contributed by atoms with Crippen LogP contribution in [-0.2, 0) is 0 Å². The lowest BCUT2D eigenvalue weighted by atomic mass is 9.83. The van der Waals surface area contributed by atoms with Crippen LogP contribution in [0.5, 0.6) is 0 Å². The van der Waals surface area contributed by atoms with E-state index < -0.39 is 0 Å². The molecule has 1 fully saturated rings. The van der Waals surface area contributed by atoms with Crippen LogP contribution in [0.25, 0.3) is 0 Å². The van der Waals surface area contributed by atoms with E-state index >= 15 is 0 Å². The molecular formula is C15H16ClNS2. The maximum atomic E-state index is 6.10.